The molecule has 3 nitrogen and oxygen atoms in total. The summed E-state index contributed by atoms with van der Waals surface area (Å²) >= 11 is 0. The molecule has 0 aromatic heterocycles. The largest absolute Gasteiger partial charge is 0.245 e. The molecule has 36 valence electrons. The summed E-state index contributed by atoms with van der Waals surface area (Å²) in [7, 11) is 0. The van der Waals surface area contributed by atoms with Crippen LogP contribution in [0.2, 0.25) is 0 Å². The van der Waals surface area contributed by atoms with Crippen LogP contribution < -0.4 is 0 Å². The molecule has 1 aliphatic heterocycles. The normalized spacial score (nSPS) is 16.0. The van der Waals surface area contributed by atoms with Crippen molar-refractivity contribution in [1.82, 2.24) is 0 Å². The summed E-state index contributed by atoms with van der Waals surface area (Å²) in [5.41, 5.74) is 0. The Morgan fingerprint density at radius 3 is 2.14 bits per heavy atom. The molecule has 1 rings (SSSR count). The molecular formula is C4H4N2O. The standard InChI is InChI=1S/C4H4N2O/c1-2-4-6-7-5-3-1/h1-4H. The Morgan fingerprint density at radius 2 is 1.57 bits per heavy atom. The zero-order valence-corrected chi connectivity index (χ0v) is 3.61. The van der Waals surface area contributed by atoms with E-state index in [9.17, 15) is 0 Å². The van der Waals surface area contributed by atoms with Crippen LogP contribution in [0.1, 0.15) is 0 Å². The molecule has 0 radical (unpaired) electrons. The molecule has 0 saturated carbocycles. The highest BCUT2D eigenvalue weighted by Crippen LogP contribution is 1.78. The monoisotopic (exact) mass is 96.0 g/mol. The number of rotatable bonds is 0. The fourth-order valence-electron chi connectivity index (χ4n) is 0.251. The van der Waals surface area contributed by atoms with E-state index in [-0.39, 0.29) is 0 Å². The van der Waals surface area contributed by atoms with Gasteiger partial charge in [-0.1, -0.05) is 10.3 Å². The molecule has 3 heteroatoms. The first-order valence-electron chi connectivity index (χ1n) is 1.88. The first kappa shape index (κ1) is 4.05. The quantitative estimate of drug-likeness (QED) is 0.433. The van der Waals surface area contributed by atoms with Crippen molar-refractivity contribution < 1.29 is 4.94 Å². The molecule has 0 atom stereocenters. The van der Waals surface area contributed by atoms with Crippen LogP contribution in [-0.4, -0.2) is 12.4 Å². The Bertz CT molecular complexity index is 112. The van der Waals surface area contributed by atoms with Gasteiger partial charge < -0.3 is 0 Å². The van der Waals surface area contributed by atoms with Gasteiger partial charge in [-0.05, 0) is 12.2 Å². The molecule has 0 unspecified atom stereocenters. The number of hydrogen-bond donors (Lipinski definition) is 0. The Balaban J connectivity index is 2.60. The first-order chi connectivity index (χ1) is 3.50. The molecule has 0 aromatic carbocycles. The van der Waals surface area contributed by atoms with Crippen molar-refractivity contribution in [2.45, 2.75) is 0 Å². The number of nitrogens with zero attached hydrogens (tertiary/aromatic N) is 2. The van der Waals surface area contributed by atoms with E-state index in [2.05, 4.69) is 15.2 Å². The molecule has 0 aromatic rings. The predicted octanol–water partition coefficient (Wildman–Crippen LogP) is 0.544. The van der Waals surface area contributed by atoms with Crippen LogP contribution in [0.15, 0.2) is 22.5 Å². The minimum Gasteiger partial charge on any atom is -0.245 e. The maximum Gasteiger partial charge on any atom is 0.0696 e. The van der Waals surface area contributed by atoms with Crippen LogP contribution in [0.5, 0.6) is 0 Å². The van der Waals surface area contributed by atoms with Gasteiger partial charge >= 0.3 is 0 Å². The van der Waals surface area contributed by atoms with Crippen molar-refractivity contribution in [2.75, 3.05) is 0 Å². The molecule has 0 saturated heterocycles. The molecule has 0 fully saturated rings. The van der Waals surface area contributed by atoms with Crippen LogP contribution in [0, 0.1) is 0 Å². The third-order valence-corrected chi connectivity index (χ3v) is 0.499. The van der Waals surface area contributed by atoms with Gasteiger partial charge in [0.05, 0.1) is 12.4 Å². The highest BCUT2D eigenvalue weighted by atomic mass is 16.8. The molecule has 0 bridgehead atoms. The highest BCUT2D eigenvalue weighted by molar-refractivity contribution is 5.81. The van der Waals surface area contributed by atoms with Crippen molar-refractivity contribution in [3.63, 3.8) is 0 Å². The molecule has 1 aliphatic rings. The summed E-state index contributed by atoms with van der Waals surface area (Å²) in [6.45, 7) is 0. The number of oxime groups is 2. The van der Waals surface area contributed by atoms with Crippen molar-refractivity contribution in [3.8, 4) is 0 Å². The molecule has 0 N–H and O–H groups in total. The Kier molecular flexibility index (Phi) is 1.23. The summed E-state index contributed by atoms with van der Waals surface area (Å²) < 4.78 is 0. The topological polar surface area (TPSA) is 34.0 Å². The maximum atomic E-state index is 4.27. The minimum absolute atomic E-state index is 1.52. The second-order valence-electron chi connectivity index (χ2n) is 0.976. The van der Waals surface area contributed by atoms with Gasteiger partial charge in [0.15, 0.2) is 0 Å². The van der Waals surface area contributed by atoms with Gasteiger partial charge in [0.1, 0.15) is 0 Å². The molecular weight excluding hydrogens is 92.1 g/mol. The molecule has 0 spiro atoms. The fourth-order valence-corrected chi connectivity index (χ4v) is 0.251. The van der Waals surface area contributed by atoms with E-state index in [4.69, 9.17) is 0 Å². The fraction of sp³-hybridized carbons (Fsp3) is 0. The smallest absolute Gasteiger partial charge is 0.0696 e. The van der Waals surface area contributed by atoms with Crippen LogP contribution in [0.25, 0.3) is 0 Å². The van der Waals surface area contributed by atoms with Gasteiger partial charge in [-0.15, -0.1) is 0 Å². The third kappa shape index (κ3) is 1.17. The van der Waals surface area contributed by atoms with Crippen molar-refractivity contribution in [3.05, 3.63) is 12.2 Å². The average Bonchev–Trinajstić information content (AvgIpc) is 1.90. The van der Waals surface area contributed by atoms with E-state index < -0.39 is 0 Å². The van der Waals surface area contributed by atoms with E-state index in [0.717, 1.165) is 0 Å². The van der Waals surface area contributed by atoms with Gasteiger partial charge in [-0.25, -0.2) is 4.94 Å². The number of allylic oxidation sites excluding steroid dienone is 2. The van der Waals surface area contributed by atoms with Gasteiger partial charge in [-0.3, -0.25) is 0 Å². The summed E-state index contributed by atoms with van der Waals surface area (Å²) in [5.74, 6) is 0. The second kappa shape index (κ2) is 2.12. The summed E-state index contributed by atoms with van der Waals surface area (Å²) in [6, 6.07) is 0. The maximum absolute atomic E-state index is 4.27. The van der Waals surface area contributed by atoms with Crippen LogP contribution in [0.3, 0.4) is 0 Å². The summed E-state index contributed by atoms with van der Waals surface area (Å²) in [5, 5.41) is 6.72. The van der Waals surface area contributed by atoms with Crippen molar-refractivity contribution in [1.29, 1.82) is 0 Å². The Labute approximate surface area is 41.0 Å². The van der Waals surface area contributed by atoms with Gasteiger partial charge in [0.2, 0.25) is 0 Å². The predicted molar refractivity (Wildman–Crippen MR) is 27.2 cm³/mol. The van der Waals surface area contributed by atoms with Crippen LogP contribution >= 0.6 is 0 Å². The van der Waals surface area contributed by atoms with E-state index in [1.807, 2.05) is 0 Å². The van der Waals surface area contributed by atoms with E-state index in [0.29, 0.717) is 0 Å². The zero-order chi connectivity index (χ0) is 4.95. The van der Waals surface area contributed by atoms with E-state index in [1.165, 1.54) is 12.4 Å². The van der Waals surface area contributed by atoms with Crippen molar-refractivity contribution in [2.24, 2.45) is 10.3 Å². The van der Waals surface area contributed by atoms with Crippen LogP contribution in [0.4, 0.5) is 0 Å². The molecule has 7 heavy (non-hydrogen) atoms. The van der Waals surface area contributed by atoms with Crippen LogP contribution in [-0.2, 0) is 4.94 Å². The summed E-state index contributed by atoms with van der Waals surface area (Å²) in [4.78, 5) is 4.27. The summed E-state index contributed by atoms with van der Waals surface area (Å²) in [6.07, 6.45) is 6.51. The molecule has 1 heterocycles. The third-order valence-electron chi connectivity index (χ3n) is 0.499. The lowest BCUT2D eigenvalue weighted by Crippen LogP contribution is -1.63. The Morgan fingerprint density at radius 1 is 1.00 bits per heavy atom. The van der Waals surface area contributed by atoms with E-state index in [1.54, 1.807) is 12.2 Å². The average molecular weight is 96.1 g/mol. The first-order valence-corrected chi connectivity index (χ1v) is 1.88. The SMILES string of the molecule is C1=CC=NON=C1. The molecule has 0 amide bonds. The lowest BCUT2D eigenvalue weighted by molar-refractivity contribution is 0.160. The minimum atomic E-state index is 1.52. The van der Waals surface area contributed by atoms with E-state index >= 15 is 0 Å². The molecule has 0 aliphatic carbocycles. The Hall–Kier alpha value is -1.12. The van der Waals surface area contributed by atoms with Gasteiger partial charge in [0, 0.05) is 0 Å². The van der Waals surface area contributed by atoms with Gasteiger partial charge in [-0.2, -0.15) is 0 Å². The van der Waals surface area contributed by atoms with Crippen molar-refractivity contribution >= 4 is 12.4 Å². The highest BCUT2D eigenvalue weighted by Gasteiger charge is 1.71. The number of hydrogen-bond acceptors (Lipinski definition) is 3. The second-order valence-corrected chi connectivity index (χ2v) is 0.976. The van der Waals surface area contributed by atoms with Gasteiger partial charge in [0.25, 0.3) is 0 Å². The lowest BCUT2D eigenvalue weighted by atomic mass is 10.5. The lowest BCUT2D eigenvalue weighted by Gasteiger charge is -1.75. The zero-order valence-electron chi connectivity index (χ0n) is 3.61.